The van der Waals surface area contributed by atoms with Crippen molar-refractivity contribution in [2.45, 2.75) is 19.3 Å². The molecule has 0 aliphatic heterocycles. The van der Waals surface area contributed by atoms with Crippen molar-refractivity contribution in [1.82, 2.24) is 4.90 Å². The second-order valence-corrected chi connectivity index (χ2v) is 5.77. The van der Waals surface area contributed by atoms with Crippen molar-refractivity contribution < 1.29 is 9.84 Å². The van der Waals surface area contributed by atoms with Crippen LogP contribution in [-0.2, 0) is 6.42 Å². The number of rotatable bonds is 8. The highest BCUT2D eigenvalue weighted by atomic mass is 16.5. The minimum absolute atomic E-state index is 0.336. The molecule has 0 saturated carbocycles. The van der Waals surface area contributed by atoms with Crippen LogP contribution >= 0.6 is 0 Å². The van der Waals surface area contributed by atoms with Gasteiger partial charge in [-0.1, -0.05) is 36.4 Å². The first-order chi connectivity index (χ1) is 10.7. The van der Waals surface area contributed by atoms with E-state index < -0.39 is 0 Å². The molecule has 0 aromatic heterocycles. The van der Waals surface area contributed by atoms with Crippen LogP contribution in [0.25, 0.3) is 0 Å². The average Bonchev–Trinajstić information content (AvgIpc) is 2.50. The van der Waals surface area contributed by atoms with Crippen molar-refractivity contribution in [3.05, 3.63) is 59.7 Å². The number of benzene rings is 2. The Hall–Kier alpha value is -2.00. The van der Waals surface area contributed by atoms with Crippen LogP contribution in [0.15, 0.2) is 48.5 Å². The van der Waals surface area contributed by atoms with Crippen LogP contribution in [-0.4, -0.2) is 37.3 Å². The second-order valence-electron chi connectivity index (χ2n) is 5.77. The van der Waals surface area contributed by atoms with E-state index in [1.165, 1.54) is 0 Å². The van der Waals surface area contributed by atoms with Gasteiger partial charge >= 0.3 is 0 Å². The molecule has 3 nitrogen and oxygen atoms in total. The third-order valence-corrected chi connectivity index (χ3v) is 3.60. The molecule has 0 heterocycles. The minimum Gasteiger partial charge on any atom is -0.508 e. The molecule has 0 unspecified atom stereocenters. The van der Waals surface area contributed by atoms with Crippen LogP contribution in [0.1, 0.15) is 24.0 Å². The van der Waals surface area contributed by atoms with Crippen molar-refractivity contribution >= 4 is 0 Å². The summed E-state index contributed by atoms with van der Waals surface area (Å²) in [4.78, 5) is 2.19. The van der Waals surface area contributed by atoms with Gasteiger partial charge in [0.1, 0.15) is 11.5 Å². The molecule has 2 rings (SSSR count). The van der Waals surface area contributed by atoms with Crippen LogP contribution in [0.2, 0.25) is 0 Å². The lowest BCUT2D eigenvalue weighted by Gasteiger charge is -2.13. The summed E-state index contributed by atoms with van der Waals surface area (Å²) in [7, 11) is 4.17. The molecule has 0 aliphatic carbocycles. The summed E-state index contributed by atoms with van der Waals surface area (Å²) in [5.74, 6) is 1.25. The number of phenols is 1. The summed E-state index contributed by atoms with van der Waals surface area (Å²) < 4.78 is 5.93. The molecule has 0 saturated heterocycles. The largest absolute Gasteiger partial charge is 0.508 e. The molecule has 0 atom stereocenters. The highest BCUT2D eigenvalue weighted by Gasteiger charge is 2.07. The Morgan fingerprint density at radius 3 is 2.32 bits per heavy atom. The van der Waals surface area contributed by atoms with Gasteiger partial charge in [0.2, 0.25) is 0 Å². The van der Waals surface area contributed by atoms with E-state index in [0.29, 0.717) is 12.2 Å². The third kappa shape index (κ3) is 5.08. The lowest BCUT2D eigenvalue weighted by atomic mass is 10.0. The molecule has 0 radical (unpaired) electrons. The molecule has 0 fully saturated rings. The molecule has 0 amide bonds. The summed E-state index contributed by atoms with van der Waals surface area (Å²) >= 11 is 0. The smallest absolute Gasteiger partial charge is 0.122 e. The number of para-hydroxylation sites is 2. The van der Waals surface area contributed by atoms with E-state index in [0.717, 1.165) is 42.9 Å². The number of unbranched alkanes of at least 4 members (excludes halogenated alkanes) is 1. The maximum absolute atomic E-state index is 9.92. The van der Waals surface area contributed by atoms with Gasteiger partial charge in [-0.25, -0.2) is 0 Å². The fourth-order valence-corrected chi connectivity index (χ4v) is 2.37. The van der Waals surface area contributed by atoms with Gasteiger partial charge in [-0.2, -0.15) is 0 Å². The maximum atomic E-state index is 9.92. The lowest BCUT2D eigenvalue weighted by Crippen LogP contribution is -2.13. The van der Waals surface area contributed by atoms with Crippen molar-refractivity contribution in [3.8, 4) is 11.5 Å². The van der Waals surface area contributed by atoms with Crippen molar-refractivity contribution in [3.63, 3.8) is 0 Å². The molecule has 1 N–H and O–H groups in total. The molecule has 22 heavy (non-hydrogen) atoms. The summed E-state index contributed by atoms with van der Waals surface area (Å²) in [6.07, 6.45) is 2.86. The first-order valence-electron chi connectivity index (χ1n) is 7.79. The fourth-order valence-electron chi connectivity index (χ4n) is 2.37. The van der Waals surface area contributed by atoms with E-state index in [2.05, 4.69) is 25.1 Å². The number of phenolic OH excluding ortho intramolecular Hbond substituents is 1. The van der Waals surface area contributed by atoms with Crippen molar-refractivity contribution in [2.75, 3.05) is 27.2 Å². The highest BCUT2D eigenvalue weighted by molar-refractivity contribution is 5.41. The van der Waals surface area contributed by atoms with Gasteiger partial charge in [0.25, 0.3) is 0 Å². The second kappa shape index (κ2) is 8.44. The molecule has 0 aliphatic rings. The van der Waals surface area contributed by atoms with Gasteiger partial charge in [0.05, 0.1) is 6.61 Å². The summed E-state index contributed by atoms with van der Waals surface area (Å²) in [6.45, 7) is 1.81. The molecule has 2 aromatic rings. The Balaban J connectivity index is 1.94. The number of ether oxygens (including phenoxy) is 1. The maximum Gasteiger partial charge on any atom is 0.122 e. The topological polar surface area (TPSA) is 32.7 Å². The van der Waals surface area contributed by atoms with Gasteiger partial charge in [-0.15, -0.1) is 0 Å². The van der Waals surface area contributed by atoms with E-state index >= 15 is 0 Å². The predicted octanol–water partition coefficient (Wildman–Crippen LogP) is 3.70. The van der Waals surface area contributed by atoms with Crippen molar-refractivity contribution in [1.29, 1.82) is 0 Å². The first kappa shape index (κ1) is 16.4. The Morgan fingerprint density at radius 2 is 1.59 bits per heavy atom. The molecular weight excluding hydrogens is 274 g/mol. The predicted molar refractivity (Wildman–Crippen MR) is 90.6 cm³/mol. The number of hydrogen-bond donors (Lipinski definition) is 1. The SMILES string of the molecule is CN(C)CCCCOc1ccccc1Cc1ccccc1O. The van der Waals surface area contributed by atoms with Gasteiger partial charge < -0.3 is 14.7 Å². The monoisotopic (exact) mass is 299 g/mol. The normalized spacial score (nSPS) is 10.9. The van der Waals surface area contributed by atoms with Gasteiger partial charge in [-0.05, 0) is 56.7 Å². The van der Waals surface area contributed by atoms with E-state index in [-0.39, 0.29) is 0 Å². The first-order valence-corrected chi connectivity index (χ1v) is 7.79. The molecule has 2 aromatic carbocycles. The van der Waals surface area contributed by atoms with E-state index in [9.17, 15) is 5.11 Å². The molecule has 0 spiro atoms. The zero-order valence-electron chi connectivity index (χ0n) is 13.5. The zero-order valence-corrected chi connectivity index (χ0v) is 13.5. The average molecular weight is 299 g/mol. The van der Waals surface area contributed by atoms with Crippen LogP contribution in [0.4, 0.5) is 0 Å². The highest BCUT2D eigenvalue weighted by Crippen LogP contribution is 2.25. The van der Waals surface area contributed by atoms with Crippen molar-refractivity contribution in [2.24, 2.45) is 0 Å². The summed E-state index contributed by atoms with van der Waals surface area (Å²) in [5.41, 5.74) is 2.03. The fraction of sp³-hybridized carbons (Fsp3) is 0.368. The van der Waals surface area contributed by atoms with Crippen LogP contribution in [0, 0.1) is 0 Å². The Kier molecular flexibility index (Phi) is 6.28. The molecule has 118 valence electrons. The molecular formula is C19H25NO2. The van der Waals surface area contributed by atoms with Gasteiger partial charge in [0.15, 0.2) is 0 Å². The Bertz CT molecular complexity index is 581. The number of hydrogen-bond acceptors (Lipinski definition) is 3. The minimum atomic E-state index is 0.336. The van der Waals surface area contributed by atoms with Gasteiger partial charge in [0, 0.05) is 6.42 Å². The molecule has 3 heteroatoms. The van der Waals surface area contributed by atoms with Crippen LogP contribution < -0.4 is 4.74 Å². The summed E-state index contributed by atoms with van der Waals surface area (Å²) in [5, 5.41) is 9.92. The van der Waals surface area contributed by atoms with E-state index in [1.54, 1.807) is 6.07 Å². The lowest BCUT2D eigenvalue weighted by molar-refractivity contribution is 0.291. The Morgan fingerprint density at radius 1 is 0.909 bits per heavy atom. The summed E-state index contributed by atoms with van der Waals surface area (Å²) in [6, 6.07) is 15.5. The number of nitrogens with zero attached hydrogens (tertiary/aromatic N) is 1. The standard InChI is InChI=1S/C19H25NO2/c1-20(2)13-7-8-14-22-19-12-6-4-10-17(19)15-16-9-3-5-11-18(16)21/h3-6,9-12,21H,7-8,13-15H2,1-2H3. The molecule has 0 bridgehead atoms. The van der Waals surface area contributed by atoms with Crippen LogP contribution in [0.3, 0.4) is 0 Å². The van der Waals surface area contributed by atoms with Crippen LogP contribution in [0.5, 0.6) is 11.5 Å². The Labute approximate surface area is 133 Å². The van der Waals surface area contributed by atoms with E-state index in [1.807, 2.05) is 36.4 Å². The van der Waals surface area contributed by atoms with E-state index in [4.69, 9.17) is 4.74 Å². The quantitative estimate of drug-likeness (QED) is 0.754. The van der Waals surface area contributed by atoms with Gasteiger partial charge in [-0.3, -0.25) is 0 Å². The number of aromatic hydroxyl groups is 1. The third-order valence-electron chi connectivity index (χ3n) is 3.60. The zero-order chi connectivity index (χ0) is 15.8.